The zero-order chi connectivity index (χ0) is 11.4. The van der Waals surface area contributed by atoms with E-state index in [1.807, 2.05) is 26.1 Å². The Morgan fingerprint density at radius 2 is 2.07 bits per heavy atom. The van der Waals surface area contributed by atoms with Gasteiger partial charge in [-0.1, -0.05) is 39.7 Å². The molecule has 0 fully saturated rings. The molecule has 0 aliphatic carbocycles. The number of hydrogen-bond donors (Lipinski definition) is 1. The highest BCUT2D eigenvalue weighted by Crippen LogP contribution is 1.95. The van der Waals surface area contributed by atoms with E-state index in [1.165, 1.54) is 24.8 Å². The number of pyridine rings is 1. The lowest BCUT2D eigenvalue weighted by molar-refractivity contribution is 0.616. The highest BCUT2D eigenvalue weighted by molar-refractivity contribution is 5.07. The van der Waals surface area contributed by atoms with Crippen LogP contribution in [0.4, 0.5) is 0 Å². The van der Waals surface area contributed by atoms with Crippen molar-refractivity contribution in [1.29, 1.82) is 0 Å². The van der Waals surface area contributed by atoms with Gasteiger partial charge in [0.1, 0.15) is 0 Å². The second-order valence-corrected chi connectivity index (χ2v) is 3.25. The van der Waals surface area contributed by atoms with Gasteiger partial charge in [-0.3, -0.25) is 4.98 Å². The molecule has 1 heterocycles. The molecule has 0 saturated carbocycles. The van der Waals surface area contributed by atoms with Gasteiger partial charge in [-0.05, 0) is 24.6 Å². The van der Waals surface area contributed by atoms with Crippen molar-refractivity contribution in [3.05, 3.63) is 30.1 Å². The number of unbranched alkanes of at least 4 members (excludes halogenated alkanes) is 2. The van der Waals surface area contributed by atoms with Crippen LogP contribution in [-0.4, -0.2) is 11.5 Å². The van der Waals surface area contributed by atoms with Gasteiger partial charge in [0, 0.05) is 18.9 Å². The first-order valence-corrected chi connectivity index (χ1v) is 6.03. The smallest absolute Gasteiger partial charge is 0.0312 e. The first kappa shape index (κ1) is 14.1. The Labute approximate surface area is 94.1 Å². The predicted octanol–water partition coefficient (Wildman–Crippen LogP) is 3.39. The molecule has 1 rings (SSSR count). The minimum absolute atomic E-state index is 0.942. The second-order valence-electron chi connectivity index (χ2n) is 3.25. The average molecular weight is 208 g/mol. The molecule has 0 aliphatic heterocycles. The monoisotopic (exact) mass is 208 g/mol. The maximum Gasteiger partial charge on any atom is 0.0312 e. The molecule has 0 radical (unpaired) electrons. The number of rotatable bonds is 6. The molecule has 2 heteroatoms. The van der Waals surface area contributed by atoms with Crippen LogP contribution in [0.25, 0.3) is 0 Å². The summed E-state index contributed by atoms with van der Waals surface area (Å²) >= 11 is 0. The maximum absolute atomic E-state index is 4.06. The molecule has 0 spiro atoms. The molecule has 0 amide bonds. The minimum atomic E-state index is 0.942. The molecule has 0 aliphatic rings. The molecular formula is C13H24N2. The predicted molar refractivity (Wildman–Crippen MR) is 66.8 cm³/mol. The topological polar surface area (TPSA) is 24.9 Å². The summed E-state index contributed by atoms with van der Waals surface area (Å²) < 4.78 is 0. The third-order valence-corrected chi connectivity index (χ3v) is 2.01. The van der Waals surface area contributed by atoms with Gasteiger partial charge in [0.05, 0.1) is 0 Å². The van der Waals surface area contributed by atoms with Gasteiger partial charge < -0.3 is 5.32 Å². The highest BCUT2D eigenvalue weighted by atomic mass is 14.8. The van der Waals surface area contributed by atoms with Gasteiger partial charge in [0.25, 0.3) is 0 Å². The van der Waals surface area contributed by atoms with Crippen LogP contribution in [0.5, 0.6) is 0 Å². The van der Waals surface area contributed by atoms with Crippen molar-refractivity contribution in [1.82, 2.24) is 10.3 Å². The van der Waals surface area contributed by atoms with Crippen molar-refractivity contribution < 1.29 is 0 Å². The zero-order valence-corrected chi connectivity index (χ0v) is 10.3. The normalized spacial score (nSPS) is 9.27. The Kier molecular flexibility index (Phi) is 10.5. The van der Waals surface area contributed by atoms with Crippen LogP contribution >= 0.6 is 0 Å². The summed E-state index contributed by atoms with van der Waals surface area (Å²) in [6.45, 7) is 8.28. The Balaban J connectivity index is 0.000000921. The minimum Gasteiger partial charge on any atom is -0.313 e. The van der Waals surface area contributed by atoms with E-state index in [2.05, 4.69) is 23.3 Å². The lowest BCUT2D eigenvalue weighted by Gasteiger charge is -2.03. The molecule has 1 N–H and O–H groups in total. The second kappa shape index (κ2) is 11.2. The quantitative estimate of drug-likeness (QED) is 0.725. The zero-order valence-electron chi connectivity index (χ0n) is 10.3. The van der Waals surface area contributed by atoms with E-state index in [1.54, 1.807) is 6.20 Å². The van der Waals surface area contributed by atoms with Crippen molar-refractivity contribution >= 4 is 0 Å². The fraction of sp³-hybridized carbons (Fsp3) is 0.615. The van der Waals surface area contributed by atoms with E-state index in [0.717, 1.165) is 13.1 Å². The molecule has 0 atom stereocenters. The van der Waals surface area contributed by atoms with E-state index >= 15 is 0 Å². The maximum atomic E-state index is 4.06. The van der Waals surface area contributed by atoms with Crippen LogP contribution < -0.4 is 5.32 Å². The first-order valence-electron chi connectivity index (χ1n) is 6.03. The van der Waals surface area contributed by atoms with Crippen LogP contribution in [-0.2, 0) is 6.54 Å². The molecule has 86 valence electrons. The third kappa shape index (κ3) is 8.13. The molecule has 0 unspecified atom stereocenters. The summed E-state index contributed by atoms with van der Waals surface area (Å²) in [6, 6.07) is 4.07. The molecule has 2 nitrogen and oxygen atoms in total. The number of nitrogens with zero attached hydrogens (tertiary/aromatic N) is 1. The summed E-state index contributed by atoms with van der Waals surface area (Å²) in [5.41, 5.74) is 1.26. The lowest BCUT2D eigenvalue weighted by atomic mass is 10.2. The van der Waals surface area contributed by atoms with Gasteiger partial charge in [0.2, 0.25) is 0 Å². The SMILES string of the molecule is CC.CCCCCNCc1cccnc1. The standard InChI is InChI=1S/C11H18N2.C2H6/c1-2-3-4-7-12-9-11-6-5-8-13-10-11;1-2/h5-6,8,10,12H,2-4,7,9H2,1H3;1-2H3. The van der Waals surface area contributed by atoms with Crippen molar-refractivity contribution in [3.8, 4) is 0 Å². The van der Waals surface area contributed by atoms with Crippen LogP contribution in [0.2, 0.25) is 0 Å². The molecule has 15 heavy (non-hydrogen) atoms. The van der Waals surface area contributed by atoms with E-state index in [4.69, 9.17) is 0 Å². The summed E-state index contributed by atoms with van der Waals surface area (Å²) in [6.07, 6.45) is 7.60. The van der Waals surface area contributed by atoms with E-state index in [9.17, 15) is 0 Å². The van der Waals surface area contributed by atoms with Gasteiger partial charge >= 0.3 is 0 Å². The summed E-state index contributed by atoms with van der Waals surface area (Å²) in [5.74, 6) is 0. The highest BCUT2D eigenvalue weighted by Gasteiger charge is 1.90. The van der Waals surface area contributed by atoms with E-state index < -0.39 is 0 Å². The third-order valence-electron chi connectivity index (χ3n) is 2.01. The largest absolute Gasteiger partial charge is 0.313 e. The summed E-state index contributed by atoms with van der Waals surface area (Å²) in [5, 5.41) is 3.40. The fourth-order valence-electron chi connectivity index (χ4n) is 1.24. The first-order chi connectivity index (χ1) is 7.43. The summed E-state index contributed by atoms with van der Waals surface area (Å²) in [4.78, 5) is 4.06. The van der Waals surface area contributed by atoms with Crippen molar-refractivity contribution in [2.45, 2.75) is 46.6 Å². The average Bonchev–Trinajstić information content (AvgIpc) is 2.33. The molecule has 0 bridgehead atoms. The van der Waals surface area contributed by atoms with E-state index in [-0.39, 0.29) is 0 Å². The number of hydrogen-bond acceptors (Lipinski definition) is 2. The Hall–Kier alpha value is -0.890. The van der Waals surface area contributed by atoms with Crippen molar-refractivity contribution in [2.24, 2.45) is 0 Å². The van der Waals surface area contributed by atoms with Crippen LogP contribution in [0.15, 0.2) is 24.5 Å². The summed E-state index contributed by atoms with van der Waals surface area (Å²) in [7, 11) is 0. The van der Waals surface area contributed by atoms with E-state index in [0.29, 0.717) is 0 Å². The number of nitrogens with one attached hydrogen (secondary N) is 1. The Morgan fingerprint density at radius 1 is 1.27 bits per heavy atom. The lowest BCUT2D eigenvalue weighted by Crippen LogP contribution is -2.14. The van der Waals surface area contributed by atoms with Gasteiger partial charge in [-0.2, -0.15) is 0 Å². The van der Waals surface area contributed by atoms with Gasteiger partial charge in [-0.25, -0.2) is 0 Å². The molecule has 0 aromatic carbocycles. The fourth-order valence-corrected chi connectivity index (χ4v) is 1.24. The van der Waals surface area contributed by atoms with Crippen LogP contribution in [0.3, 0.4) is 0 Å². The molecule has 1 aromatic rings. The van der Waals surface area contributed by atoms with Crippen LogP contribution in [0.1, 0.15) is 45.6 Å². The molecule has 0 saturated heterocycles. The van der Waals surface area contributed by atoms with Crippen molar-refractivity contribution in [2.75, 3.05) is 6.54 Å². The van der Waals surface area contributed by atoms with Gasteiger partial charge in [-0.15, -0.1) is 0 Å². The van der Waals surface area contributed by atoms with Crippen molar-refractivity contribution in [3.63, 3.8) is 0 Å². The molecular weight excluding hydrogens is 184 g/mol. The van der Waals surface area contributed by atoms with Gasteiger partial charge in [0.15, 0.2) is 0 Å². The Morgan fingerprint density at radius 3 is 2.67 bits per heavy atom. The van der Waals surface area contributed by atoms with Crippen LogP contribution in [0, 0.1) is 0 Å². The number of aromatic nitrogens is 1. The Bertz CT molecular complexity index is 209. The molecule has 1 aromatic heterocycles.